The molecule has 5 rings (SSSR count). The highest BCUT2D eigenvalue weighted by atomic mass is 19.1. The summed E-state index contributed by atoms with van der Waals surface area (Å²) in [5.74, 6) is 0.641. The molecular formula is C26H32FN4O3+. The lowest BCUT2D eigenvalue weighted by Gasteiger charge is -2.51. The van der Waals surface area contributed by atoms with Gasteiger partial charge >= 0.3 is 5.97 Å². The quantitative estimate of drug-likeness (QED) is 0.235. The summed E-state index contributed by atoms with van der Waals surface area (Å²) in [6, 6.07) is 5.23. The van der Waals surface area contributed by atoms with Crippen LogP contribution in [-0.2, 0) is 16.1 Å². The van der Waals surface area contributed by atoms with Crippen molar-refractivity contribution in [1.29, 1.82) is 0 Å². The molecule has 2 unspecified atom stereocenters. The van der Waals surface area contributed by atoms with E-state index in [0.717, 1.165) is 42.5 Å². The first-order valence-corrected chi connectivity index (χ1v) is 11.8. The molecule has 0 radical (unpaired) electrons. The van der Waals surface area contributed by atoms with Crippen LogP contribution in [0, 0.1) is 11.7 Å². The van der Waals surface area contributed by atoms with Crippen molar-refractivity contribution in [1.82, 2.24) is 10.1 Å². The first kappa shape index (κ1) is 24.0. The SMILES string of the molecule is C=CC(=C)C(N=C(C)CC)C(=O)OC1C[N+]2(Cc3noc(-c4ccc(F)cc4)n3)CCC1CC2. The molecule has 1 aromatic carbocycles. The van der Waals surface area contributed by atoms with Gasteiger partial charge in [0.1, 0.15) is 18.9 Å². The minimum absolute atomic E-state index is 0.185. The van der Waals surface area contributed by atoms with Gasteiger partial charge in [-0.1, -0.05) is 31.3 Å². The summed E-state index contributed by atoms with van der Waals surface area (Å²) in [6.07, 6.45) is 4.09. The molecule has 0 N–H and O–H groups in total. The zero-order valence-corrected chi connectivity index (χ0v) is 19.9. The van der Waals surface area contributed by atoms with Gasteiger partial charge in [-0.25, -0.2) is 9.18 Å². The summed E-state index contributed by atoms with van der Waals surface area (Å²) >= 11 is 0. The Kier molecular flexibility index (Phi) is 7.07. The van der Waals surface area contributed by atoms with Crippen LogP contribution in [0.3, 0.4) is 0 Å². The lowest BCUT2D eigenvalue weighted by molar-refractivity contribution is -0.958. The number of aromatic nitrogens is 2. The molecule has 3 fully saturated rings. The molecule has 0 spiro atoms. The average molecular weight is 468 g/mol. The largest absolute Gasteiger partial charge is 0.454 e. The summed E-state index contributed by atoms with van der Waals surface area (Å²) in [6.45, 7) is 14.9. The van der Waals surface area contributed by atoms with Gasteiger partial charge in [-0.3, -0.25) is 4.99 Å². The van der Waals surface area contributed by atoms with Crippen molar-refractivity contribution in [3.63, 3.8) is 0 Å². The number of ether oxygens (including phenoxy) is 1. The van der Waals surface area contributed by atoms with E-state index in [1.54, 1.807) is 18.2 Å². The third-order valence-corrected chi connectivity index (χ3v) is 7.04. The van der Waals surface area contributed by atoms with E-state index >= 15 is 0 Å². The van der Waals surface area contributed by atoms with E-state index in [0.29, 0.717) is 41.9 Å². The maximum atomic E-state index is 13.2. The van der Waals surface area contributed by atoms with E-state index in [9.17, 15) is 9.18 Å². The third kappa shape index (κ3) is 5.17. The third-order valence-electron chi connectivity index (χ3n) is 7.04. The van der Waals surface area contributed by atoms with Gasteiger partial charge in [-0.2, -0.15) is 4.98 Å². The highest BCUT2D eigenvalue weighted by molar-refractivity contribution is 5.88. The summed E-state index contributed by atoms with van der Waals surface area (Å²) in [7, 11) is 0. The van der Waals surface area contributed by atoms with Crippen LogP contribution >= 0.6 is 0 Å². The average Bonchev–Trinajstić information content (AvgIpc) is 3.30. The van der Waals surface area contributed by atoms with Crippen molar-refractivity contribution in [2.45, 2.75) is 51.8 Å². The van der Waals surface area contributed by atoms with Crippen LogP contribution in [0.25, 0.3) is 11.5 Å². The Labute approximate surface area is 199 Å². The van der Waals surface area contributed by atoms with Gasteiger partial charge in [0, 0.05) is 30.0 Å². The van der Waals surface area contributed by atoms with Crippen molar-refractivity contribution in [2.75, 3.05) is 19.6 Å². The highest BCUT2D eigenvalue weighted by Crippen LogP contribution is 2.37. The zero-order valence-electron chi connectivity index (χ0n) is 19.9. The van der Waals surface area contributed by atoms with E-state index in [1.165, 1.54) is 12.1 Å². The van der Waals surface area contributed by atoms with Gasteiger partial charge in [0.25, 0.3) is 5.89 Å². The molecule has 4 heterocycles. The second-order valence-corrected chi connectivity index (χ2v) is 9.36. The molecule has 1 aromatic heterocycles. The number of hydrogen-bond acceptors (Lipinski definition) is 6. The number of halogens is 1. The number of rotatable bonds is 9. The number of aliphatic imine (C=N–C) groups is 1. The number of carbonyl (C=O) groups excluding carboxylic acids is 1. The minimum Gasteiger partial charge on any atom is -0.454 e. The van der Waals surface area contributed by atoms with Crippen LogP contribution in [-0.4, -0.2) is 58.1 Å². The molecule has 180 valence electrons. The molecule has 7 nitrogen and oxygen atoms in total. The van der Waals surface area contributed by atoms with E-state index in [4.69, 9.17) is 9.26 Å². The predicted molar refractivity (Wildman–Crippen MR) is 127 cm³/mol. The van der Waals surface area contributed by atoms with Gasteiger partial charge < -0.3 is 13.7 Å². The molecule has 0 aliphatic carbocycles. The number of benzene rings is 1. The van der Waals surface area contributed by atoms with Gasteiger partial charge in [0.05, 0.1) is 13.1 Å². The maximum Gasteiger partial charge on any atom is 0.335 e. The standard InChI is InChI=1S/C26H32FN4O3/c1-5-17(3)24(28-18(4)6-2)26(32)33-22-15-31(13-11-19(22)12-14-31)16-23-29-25(34-30-23)20-7-9-21(27)10-8-20/h5,7-10,19,22,24H,1,3,6,11-16H2,2,4H3/q+1. The van der Waals surface area contributed by atoms with Crippen LogP contribution in [0.15, 0.2) is 58.6 Å². The number of hydrogen-bond donors (Lipinski definition) is 0. The Morgan fingerprint density at radius 3 is 2.71 bits per heavy atom. The van der Waals surface area contributed by atoms with Crippen LogP contribution < -0.4 is 0 Å². The highest BCUT2D eigenvalue weighted by Gasteiger charge is 2.48. The van der Waals surface area contributed by atoms with Crippen molar-refractivity contribution < 1.29 is 22.9 Å². The Balaban J connectivity index is 1.46. The lowest BCUT2D eigenvalue weighted by atomic mass is 9.83. The molecule has 2 bridgehead atoms. The molecule has 3 aliphatic heterocycles. The van der Waals surface area contributed by atoms with Crippen molar-refractivity contribution >= 4 is 11.7 Å². The topological polar surface area (TPSA) is 77.6 Å². The molecule has 0 saturated carbocycles. The van der Waals surface area contributed by atoms with E-state index in [1.807, 2.05) is 13.8 Å². The van der Waals surface area contributed by atoms with Crippen molar-refractivity contribution in [3.8, 4) is 11.5 Å². The molecule has 2 atom stereocenters. The fourth-order valence-corrected chi connectivity index (χ4v) is 4.83. The Morgan fingerprint density at radius 1 is 1.35 bits per heavy atom. The van der Waals surface area contributed by atoms with Gasteiger partial charge in [0.15, 0.2) is 12.1 Å². The van der Waals surface area contributed by atoms with Gasteiger partial charge in [-0.05, 0) is 43.2 Å². The number of piperidine rings is 3. The van der Waals surface area contributed by atoms with E-state index < -0.39 is 6.04 Å². The van der Waals surface area contributed by atoms with Crippen LogP contribution in [0.2, 0.25) is 0 Å². The Bertz CT molecular complexity index is 1080. The van der Waals surface area contributed by atoms with Crippen molar-refractivity contribution in [3.05, 3.63) is 60.7 Å². The first-order valence-electron chi connectivity index (χ1n) is 11.8. The molecule has 3 aliphatic rings. The Hall–Kier alpha value is -3.13. The Morgan fingerprint density at radius 2 is 2.06 bits per heavy atom. The molecular weight excluding hydrogens is 435 g/mol. The molecule has 0 amide bonds. The summed E-state index contributed by atoms with van der Waals surface area (Å²) < 4.78 is 25.4. The second kappa shape index (κ2) is 10.0. The second-order valence-electron chi connectivity index (χ2n) is 9.36. The predicted octanol–water partition coefficient (Wildman–Crippen LogP) is 4.51. The number of carbonyl (C=O) groups is 1. The van der Waals surface area contributed by atoms with Crippen LogP contribution in [0.4, 0.5) is 4.39 Å². The lowest BCUT2D eigenvalue weighted by Crippen LogP contribution is -2.64. The molecule has 3 saturated heterocycles. The monoisotopic (exact) mass is 467 g/mol. The summed E-state index contributed by atoms with van der Waals surface area (Å²) in [5.41, 5.74) is 2.10. The molecule has 8 heteroatoms. The van der Waals surface area contributed by atoms with Gasteiger partial charge in [0.2, 0.25) is 5.82 Å². The fraction of sp³-hybridized carbons (Fsp3) is 0.462. The number of nitrogens with zero attached hydrogens (tertiary/aromatic N) is 4. The normalized spacial score (nSPS) is 25.1. The number of quaternary nitrogens is 1. The zero-order chi connectivity index (χ0) is 24.3. The fourth-order valence-electron chi connectivity index (χ4n) is 4.83. The van der Waals surface area contributed by atoms with E-state index in [2.05, 4.69) is 28.3 Å². The minimum atomic E-state index is -0.753. The maximum absolute atomic E-state index is 13.2. The number of fused-ring (bicyclic) bond motifs is 3. The smallest absolute Gasteiger partial charge is 0.335 e. The van der Waals surface area contributed by atoms with E-state index in [-0.39, 0.29) is 17.9 Å². The van der Waals surface area contributed by atoms with Crippen LogP contribution in [0.1, 0.15) is 38.9 Å². The van der Waals surface area contributed by atoms with Gasteiger partial charge in [-0.15, -0.1) is 0 Å². The summed E-state index contributed by atoms with van der Waals surface area (Å²) in [5, 5.41) is 4.17. The number of esters is 1. The van der Waals surface area contributed by atoms with Crippen LogP contribution in [0.5, 0.6) is 0 Å². The molecule has 2 aromatic rings. The first-order chi connectivity index (χ1) is 16.3. The van der Waals surface area contributed by atoms with Crippen molar-refractivity contribution in [2.24, 2.45) is 10.9 Å². The molecule has 34 heavy (non-hydrogen) atoms. The summed E-state index contributed by atoms with van der Waals surface area (Å²) in [4.78, 5) is 22.1.